The minimum Gasteiger partial charge on any atom is -0.366 e. The van der Waals surface area contributed by atoms with Gasteiger partial charge in [0.15, 0.2) is 0 Å². The number of halogens is 2. The predicted octanol–water partition coefficient (Wildman–Crippen LogP) is 3.72. The van der Waals surface area contributed by atoms with Gasteiger partial charge >= 0.3 is 0 Å². The van der Waals surface area contributed by atoms with Crippen LogP contribution in [0.4, 0.5) is 10.1 Å². The van der Waals surface area contributed by atoms with E-state index in [1.165, 1.54) is 48.5 Å². The summed E-state index contributed by atoms with van der Waals surface area (Å²) in [6.07, 6.45) is 0. The van der Waals surface area contributed by atoms with Crippen LogP contribution in [0, 0.1) is 12.7 Å². The molecule has 0 fully saturated rings. The molecule has 0 spiro atoms. The van der Waals surface area contributed by atoms with E-state index in [2.05, 4.69) is 5.32 Å². The highest BCUT2D eigenvalue weighted by atomic mass is 35.5. The molecule has 0 heterocycles. The summed E-state index contributed by atoms with van der Waals surface area (Å²) in [5, 5.41) is 2.61. The maximum absolute atomic E-state index is 14.4. The number of sulfonamides is 1. The highest BCUT2D eigenvalue weighted by Crippen LogP contribution is 2.25. The van der Waals surface area contributed by atoms with Gasteiger partial charge in [0.2, 0.25) is 21.8 Å². The lowest BCUT2D eigenvalue weighted by Crippen LogP contribution is -2.38. The van der Waals surface area contributed by atoms with Crippen molar-refractivity contribution in [2.24, 2.45) is 5.73 Å². The van der Waals surface area contributed by atoms with Crippen LogP contribution in [0.1, 0.15) is 21.5 Å². The van der Waals surface area contributed by atoms with Gasteiger partial charge in [-0.15, -0.1) is 0 Å². The van der Waals surface area contributed by atoms with Gasteiger partial charge in [-0.25, -0.2) is 12.8 Å². The van der Waals surface area contributed by atoms with Gasteiger partial charge in [-0.3, -0.25) is 9.59 Å². The first-order valence-electron chi connectivity index (χ1n) is 9.77. The maximum Gasteiger partial charge on any atom is 0.248 e. The van der Waals surface area contributed by atoms with E-state index in [9.17, 15) is 22.4 Å². The minimum absolute atomic E-state index is 0.0424. The van der Waals surface area contributed by atoms with Crippen LogP contribution >= 0.6 is 11.6 Å². The van der Waals surface area contributed by atoms with Gasteiger partial charge in [0.25, 0.3) is 0 Å². The zero-order valence-electron chi connectivity index (χ0n) is 17.6. The molecule has 0 aliphatic carbocycles. The van der Waals surface area contributed by atoms with E-state index in [-0.39, 0.29) is 21.0 Å². The molecule has 10 heteroatoms. The molecule has 3 N–H and O–H groups in total. The number of benzene rings is 3. The lowest BCUT2D eigenvalue weighted by atomic mass is 10.2. The Bertz CT molecular complexity index is 1260. The van der Waals surface area contributed by atoms with Gasteiger partial charge in [-0.05, 0) is 55.5 Å². The number of nitrogens with zero attached hydrogens (tertiary/aromatic N) is 1. The topological polar surface area (TPSA) is 110 Å². The number of hydrogen-bond donors (Lipinski definition) is 2. The average Bonchev–Trinajstić information content (AvgIpc) is 2.76. The Morgan fingerprint density at radius 2 is 1.67 bits per heavy atom. The fraction of sp³-hybridized carbons (Fsp3) is 0.130. The lowest BCUT2D eigenvalue weighted by molar-refractivity contribution is -0.116. The van der Waals surface area contributed by atoms with Crippen molar-refractivity contribution in [3.63, 3.8) is 0 Å². The molecule has 0 unspecified atom stereocenters. The van der Waals surface area contributed by atoms with Crippen molar-refractivity contribution in [1.82, 2.24) is 4.31 Å². The molecule has 0 aromatic heterocycles. The SMILES string of the molecule is Cc1ccc(S(=O)(=O)N(CC(=O)Nc2ccc(C(N)=O)cc2)Cc2c(F)cccc2Cl)cc1. The molecule has 0 aliphatic heterocycles. The maximum atomic E-state index is 14.4. The van der Waals surface area contributed by atoms with Crippen molar-refractivity contribution in [1.29, 1.82) is 0 Å². The third-order valence-electron chi connectivity index (χ3n) is 4.83. The number of rotatable bonds is 8. The highest BCUT2D eigenvalue weighted by molar-refractivity contribution is 7.89. The smallest absolute Gasteiger partial charge is 0.248 e. The van der Waals surface area contributed by atoms with Crippen LogP contribution in [0.5, 0.6) is 0 Å². The van der Waals surface area contributed by atoms with Crippen LogP contribution in [0.3, 0.4) is 0 Å². The number of carbonyl (C=O) groups excluding carboxylic acids is 2. The fourth-order valence-corrected chi connectivity index (χ4v) is 4.61. The third kappa shape index (κ3) is 5.95. The highest BCUT2D eigenvalue weighted by Gasteiger charge is 2.28. The van der Waals surface area contributed by atoms with Crippen molar-refractivity contribution in [3.05, 3.63) is 94.3 Å². The molecule has 0 saturated carbocycles. The summed E-state index contributed by atoms with van der Waals surface area (Å²) in [7, 11) is -4.17. The van der Waals surface area contributed by atoms with Gasteiger partial charge in [0, 0.05) is 28.4 Å². The third-order valence-corrected chi connectivity index (χ3v) is 6.99. The van der Waals surface area contributed by atoms with Crippen LogP contribution in [0.15, 0.2) is 71.6 Å². The number of nitrogens with one attached hydrogen (secondary N) is 1. The second-order valence-corrected chi connectivity index (χ2v) is 9.62. The van der Waals surface area contributed by atoms with E-state index in [4.69, 9.17) is 17.3 Å². The molecular formula is C23H21ClFN3O4S. The largest absolute Gasteiger partial charge is 0.366 e. The van der Waals surface area contributed by atoms with Crippen molar-refractivity contribution in [3.8, 4) is 0 Å². The van der Waals surface area contributed by atoms with Gasteiger partial charge in [0.1, 0.15) is 5.82 Å². The van der Waals surface area contributed by atoms with Crippen LogP contribution in [0.2, 0.25) is 5.02 Å². The van der Waals surface area contributed by atoms with E-state index in [1.54, 1.807) is 12.1 Å². The molecule has 0 aliphatic rings. The van der Waals surface area contributed by atoms with Crippen LogP contribution in [-0.4, -0.2) is 31.1 Å². The van der Waals surface area contributed by atoms with Crippen LogP contribution in [0.25, 0.3) is 0 Å². The standard InChI is InChI=1S/C23H21ClFN3O4S/c1-15-5-11-18(12-6-15)33(31,32)28(13-19-20(24)3-2-4-21(19)25)14-22(29)27-17-9-7-16(8-10-17)23(26)30/h2-12H,13-14H2,1H3,(H2,26,30)(H,27,29). The summed E-state index contributed by atoms with van der Waals surface area (Å²) < 4.78 is 41.9. The molecule has 2 amide bonds. The molecule has 33 heavy (non-hydrogen) atoms. The molecule has 7 nitrogen and oxygen atoms in total. The van der Waals surface area contributed by atoms with E-state index < -0.39 is 40.7 Å². The van der Waals surface area contributed by atoms with Gasteiger partial charge in [0.05, 0.1) is 11.4 Å². The lowest BCUT2D eigenvalue weighted by Gasteiger charge is -2.23. The molecule has 172 valence electrons. The minimum atomic E-state index is -4.17. The second kappa shape index (κ2) is 10.1. The summed E-state index contributed by atoms with van der Waals surface area (Å²) in [6.45, 7) is 0.762. The molecule has 0 atom stereocenters. The molecule has 3 aromatic rings. The summed E-state index contributed by atoms with van der Waals surface area (Å²) in [6, 6.07) is 15.9. The quantitative estimate of drug-likeness (QED) is 0.502. The fourth-order valence-electron chi connectivity index (χ4n) is 3.02. The van der Waals surface area contributed by atoms with Crippen molar-refractivity contribution in [2.75, 3.05) is 11.9 Å². The Morgan fingerprint density at radius 3 is 2.24 bits per heavy atom. The molecular weight excluding hydrogens is 469 g/mol. The van der Waals surface area contributed by atoms with Gasteiger partial charge in [-0.1, -0.05) is 35.4 Å². The Morgan fingerprint density at radius 1 is 1.03 bits per heavy atom. The summed E-state index contributed by atoms with van der Waals surface area (Å²) in [4.78, 5) is 23.9. The predicted molar refractivity (Wildman–Crippen MR) is 124 cm³/mol. The number of amides is 2. The summed E-state index contributed by atoms with van der Waals surface area (Å²) >= 11 is 6.10. The summed E-state index contributed by atoms with van der Waals surface area (Å²) in [5.41, 5.74) is 6.60. The first-order chi connectivity index (χ1) is 15.6. The molecule has 0 saturated heterocycles. The van der Waals surface area contributed by atoms with Crippen molar-refractivity contribution >= 4 is 39.1 Å². The van der Waals surface area contributed by atoms with E-state index in [0.717, 1.165) is 15.9 Å². The normalized spacial score (nSPS) is 11.4. The number of carbonyl (C=O) groups is 2. The molecule has 0 radical (unpaired) electrons. The molecule has 0 bridgehead atoms. The average molecular weight is 490 g/mol. The van der Waals surface area contributed by atoms with E-state index >= 15 is 0 Å². The van der Waals surface area contributed by atoms with Gasteiger partial charge in [-0.2, -0.15) is 4.31 Å². The van der Waals surface area contributed by atoms with Crippen molar-refractivity contribution in [2.45, 2.75) is 18.4 Å². The van der Waals surface area contributed by atoms with E-state index in [0.29, 0.717) is 5.69 Å². The number of primary amides is 1. The van der Waals surface area contributed by atoms with Crippen LogP contribution in [-0.2, 0) is 21.4 Å². The zero-order chi connectivity index (χ0) is 24.2. The van der Waals surface area contributed by atoms with Crippen LogP contribution < -0.4 is 11.1 Å². The number of aryl methyl sites for hydroxylation is 1. The molecule has 3 aromatic carbocycles. The Balaban J connectivity index is 1.90. The first-order valence-corrected chi connectivity index (χ1v) is 11.6. The Kier molecular flexibility index (Phi) is 7.47. The number of anilines is 1. The number of hydrogen-bond acceptors (Lipinski definition) is 4. The summed E-state index contributed by atoms with van der Waals surface area (Å²) in [5.74, 6) is -1.97. The first kappa shape index (κ1) is 24.4. The van der Waals surface area contributed by atoms with Gasteiger partial charge < -0.3 is 11.1 Å². The zero-order valence-corrected chi connectivity index (χ0v) is 19.2. The Hall–Kier alpha value is -3.27. The number of nitrogens with two attached hydrogens (primary N) is 1. The Labute approximate surface area is 196 Å². The monoisotopic (exact) mass is 489 g/mol. The van der Waals surface area contributed by atoms with E-state index in [1.807, 2.05) is 6.92 Å². The van der Waals surface area contributed by atoms with Crippen molar-refractivity contribution < 1.29 is 22.4 Å². The molecule has 3 rings (SSSR count). The second-order valence-electron chi connectivity index (χ2n) is 7.28.